The molecule has 29 heavy (non-hydrogen) atoms. The number of carbonyl (C=O) groups excluding carboxylic acids is 2. The summed E-state index contributed by atoms with van der Waals surface area (Å²) >= 11 is 0. The van der Waals surface area contributed by atoms with Crippen LogP contribution in [0.25, 0.3) is 10.9 Å². The Morgan fingerprint density at radius 3 is 2.17 bits per heavy atom. The molecular formula is C23H28N4O2. The fraction of sp³-hybridized carbons (Fsp3) is 0.304. The third-order valence-corrected chi connectivity index (χ3v) is 4.83. The van der Waals surface area contributed by atoms with Gasteiger partial charge in [0.2, 0.25) is 0 Å². The van der Waals surface area contributed by atoms with Gasteiger partial charge in [0.25, 0.3) is 11.8 Å². The molecule has 2 amide bonds. The maximum absolute atomic E-state index is 12.4. The number of benzene rings is 2. The van der Waals surface area contributed by atoms with Gasteiger partial charge in [0, 0.05) is 41.3 Å². The maximum atomic E-state index is 12.4. The van der Waals surface area contributed by atoms with Crippen molar-refractivity contribution in [2.75, 3.05) is 33.7 Å². The Bertz CT molecular complexity index is 960. The first kappa shape index (κ1) is 20.6. The van der Waals surface area contributed by atoms with Crippen molar-refractivity contribution in [3.8, 4) is 0 Å². The van der Waals surface area contributed by atoms with Gasteiger partial charge in [-0.3, -0.25) is 9.59 Å². The van der Waals surface area contributed by atoms with E-state index in [1.165, 1.54) is 10.9 Å². The van der Waals surface area contributed by atoms with E-state index in [1.807, 2.05) is 38.5 Å². The zero-order valence-electron chi connectivity index (χ0n) is 17.0. The average Bonchev–Trinajstić information content (AvgIpc) is 3.14. The molecule has 1 aromatic heterocycles. The zero-order chi connectivity index (χ0) is 20.6. The molecule has 0 atom stereocenters. The minimum Gasteiger partial charge on any atom is -0.361 e. The molecule has 0 bridgehead atoms. The van der Waals surface area contributed by atoms with E-state index >= 15 is 0 Å². The number of hydrogen-bond donors (Lipinski definition) is 3. The van der Waals surface area contributed by atoms with Crippen LogP contribution in [0.2, 0.25) is 0 Å². The molecule has 0 aliphatic carbocycles. The second-order valence-electron chi connectivity index (χ2n) is 7.36. The van der Waals surface area contributed by atoms with Gasteiger partial charge in [-0.25, -0.2) is 0 Å². The highest BCUT2D eigenvalue weighted by Crippen LogP contribution is 2.17. The smallest absolute Gasteiger partial charge is 0.251 e. The third kappa shape index (κ3) is 5.68. The van der Waals surface area contributed by atoms with Gasteiger partial charge in [-0.15, -0.1) is 0 Å². The van der Waals surface area contributed by atoms with Crippen LogP contribution in [-0.2, 0) is 6.42 Å². The quantitative estimate of drug-likeness (QED) is 0.490. The Labute approximate surface area is 171 Å². The van der Waals surface area contributed by atoms with E-state index in [1.54, 1.807) is 24.3 Å². The maximum Gasteiger partial charge on any atom is 0.251 e. The summed E-state index contributed by atoms with van der Waals surface area (Å²) in [5, 5.41) is 7.03. The summed E-state index contributed by atoms with van der Waals surface area (Å²) in [7, 11) is 4.01. The van der Waals surface area contributed by atoms with Crippen molar-refractivity contribution in [2.24, 2.45) is 0 Å². The molecule has 0 aliphatic rings. The summed E-state index contributed by atoms with van der Waals surface area (Å²) in [5.41, 5.74) is 3.39. The lowest BCUT2D eigenvalue weighted by Gasteiger charge is -2.10. The second kappa shape index (κ2) is 9.89. The molecular weight excluding hydrogens is 364 g/mol. The fourth-order valence-electron chi connectivity index (χ4n) is 3.22. The first-order chi connectivity index (χ1) is 14.0. The van der Waals surface area contributed by atoms with Gasteiger partial charge < -0.3 is 20.5 Å². The predicted octanol–water partition coefficient (Wildman–Crippen LogP) is 2.82. The molecule has 0 saturated heterocycles. The highest BCUT2D eigenvalue weighted by Gasteiger charge is 2.09. The number of carbonyl (C=O) groups is 2. The number of nitrogens with zero attached hydrogens (tertiary/aromatic N) is 1. The van der Waals surface area contributed by atoms with Gasteiger partial charge in [-0.1, -0.05) is 18.2 Å². The van der Waals surface area contributed by atoms with Crippen molar-refractivity contribution in [1.29, 1.82) is 0 Å². The minimum atomic E-state index is -0.136. The van der Waals surface area contributed by atoms with Gasteiger partial charge >= 0.3 is 0 Å². The monoisotopic (exact) mass is 392 g/mol. The van der Waals surface area contributed by atoms with Gasteiger partial charge in [0.05, 0.1) is 0 Å². The molecule has 0 unspecified atom stereocenters. The summed E-state index contributed by atoms with van der Waals surface area (Å²) in [4.78, 5) is 29.8. The Kier molecular flexibility index (Phi) is 7.03. The summed E-state index contributed by atoms with van der Waals surface area (Å²) in [6.45, 7) is 2.11. The topological polar surface area (TPSA) is 77.2 Å². The summed E-state index contributed by atoms with van der Waals surface area (Å²) in [6.07, 6.45) is 3.64. The van der Waals surface area contributed by atoms with Crippen LogP contribution in [0, 0.1) is 0 Å². The Morgan fingerprint density at radius 2 is 1.52 bits per heavy atom. The van der Waals surface area contributed by atoms with Crippen LogP contribution in [-0.4, -0.2) is 55.4 Å². The number of H-pyrrole nitrogens is 1. The van der Waals surface area contributed by atoms with Crippen LogP contribution in [0.1, 0.15) is 32.7 Å². The van der Waals surface area contributed by atoms with Crippen LogP contribution < -0.4 is 10.6 Å². The largest absolute Gasteiger partial charge is 0.361 e. The number of fused-ring (bicyclic) bond motifs is 1. The van der Waals surface area contributed by atoms with Crippen LogP contribution in [0.15, 0.2) is 54.7 Å². The Morgan fingerprint density at radius 1 is 0.897 bits per heavy atom. The van der Waals surface area contributed by atoms with Gasteiger partial charge in [-0.05, 0) is 69.4 Å². The van der Waals surface area contributed by atoms with Crippen molar-refractivity contribution < 1.29 is 9.59 Å². The molecule has 0 aliphatic heterocycles. The number of para-hydroxylation sites is 1. The highest BCUT2D eigenvalue weighted by atomic mass is 16.2. The van der Waals surface area contributed by atoms with E-state index in [4.69, 9.17) is 0 Å². The predicted molar refractivity (Wildman–Crippen MR) is 116 cm³/mol. The SMILES string of the molecule is CN(C)CCCNC(=O)c1ccc(C(=O)NCCc2c[nH]c3ccccc23)cc1. The molecule has 1 heterocycles. The third-order valence-electron chi connectivity index (χ3n) is 4.83. The van der Waals surface area contributed by atoms with Gasteiger partial charge in [-0.2, -0.15) is 0 Å². The first-order valence-electron chi connectivity index (χ1n) is 9.91. The lowest BCUT2D eigenvalue weighted by atomic mass is 10.1. The number of nitrogens with one attached hydrogen (secondary N) is 3. The summed E-state index contributed by atoms with van der Waals surface area (Å²) in [6, 6.07) is 14.9. The summed E-state index contributed by atoms with van der Waals surface area (Å²) in [5.74, 6) is -0.252. The van der Waals surface area contributed by atoms with Crippen molar-refractivity contribution in [3.05, 3.63) is 71.4 Å². The van der Waals surface area contributed by atoms with Crippen LogP contribution in [0.5, 0.6) is 0 Å². The normalized spacial score (nSPS) is 11.0. The van der Waals surface area contributed by atoms with Crippen molar-refractivity contribution >= 4 is 22.7 Å². The van der Waals surface area contributed by atoms with E-state index in [2.05, 4.69) is 26.6 Å². The molecule has 3 aromatic rings. The number of hydrogen-bond acceptors (Lipinski definition) is 3. The molecule has 0 spiro atoms. The standard InChI is InChI=1S/C23H28N4O2/c1-27(2)15-5-13-24-22(28)17-8-10-18(11-9-17)23(29)25-14-12-19-16-26-21-7-4-3-6-20(19)21/h3-4,6-11,16,26H,5,12-15H2,1-2H3,(H,24,28)(H,25,29). The van der Waals surface area contributed by atoms with Crippen molar-refractivity contribution in [3.63, 3.8) is 0 Å². The molecule has 3 rings (SSSR count). The van der Waals surface area contributed by atoms with E-state index < -0.39 is 0 Å². The van der Waals surface area contributed by atoms with Crippen molar-refractivity contribution in [2.45, 2.75) is 12.8 Å². The second-order valence-corrected chi connectivity index (χ2v) is 7.36. The molecule has 6 nitrogen and oxygen atoms in total. The van der Waals surface area contributed by atoms with Gasteiger partial charge in [0.1, 0.15) is 0 Å². The Hall–Kier alpha value is -3.12. The van der Waals surface area contributed by atoms with Crippen LogP contribution in [0.4, 0.5) is 0 Å². The molecule has 2 aromatic carbocycles. The van der Waals surface area contributed by atoms with Crippen molar-refractivity contribution in [1.82, 2.24) is 20.5 Å². The lowest BCUT2D eigenvalue weighted by Crippen LogP contribution is -2.27. The zero-order valence-corrected chi connectivity index (χ0v) is 17.0. The van der Waals surface area contributed by atoms with E-state index in [-0.39, 0.29) is 11.8 Å². The molecule has 152 valence electrons. The minimum absolute atomic E-state index is 0.116. The lowest BCUT2D eigenvalue weighted by molar-refractivity contribution is 0.0941. The van der Waals surface area contributed by atoms with E-state index in [9.17, 15) is 9.59 Å². The Balaban J connectivity index is 1.46. The highest BCUT2D eigenvalue weighted by molar-refractivity contribution is 5.97. The molecule has 0 radical (unpaired) electrons. The number of rotatable bonds is 9. The molecule has 0 fully saturated rings. The molecule has 3 N–H and O–H groups in total. The fourth-order valence-corrected chi connectivity index (χ4v) is 3.22. The first-order valence-corrected chi connectivity index (χ1v) is 9.91. The molecule has 0 saturated carbocycles. The summed E-state index contributed by atoms with van der Waals surface area (Å²) < 4.78 is 0. The van der Waals surface area contributed by atoms with E-state index in [0.717, 1.165) is 24.9 Å². The van der Waals surface area contributed by atoms with Crippen LogP contribution in [0.3, 0.4) is 0 Å². The number of aromatic nitrogens is 1. The van der Waals surface area contributed by atoms with Crippen LogP contribution >= 0.6 is 0 Å². The average molecular weight is 393 g/mol. The van der Waals surface area contributed by atoms with Gasteiger partial charge in [0.15, 0.2) is 0 Å². The number of amides is 2. The molecule has 6 heteroatoms. The number of aromatic amines is 1. The van der Waals surface area contributed by atoms with E-state index in [0.29, 0.717) is 24.2 Å².